The molecule has 68 heavy (non-hydrogen) atoms. The van der Waals surface area contributed by atoms with E-state index in [1.807, 2.05) is 124 Å². The molecule has 6 aromatic rings. The minimum atomic E-state index is -0.972. The summed E-state index contributed by atoms with van der Waals surface area (Å²) in [7, 11) is 0. The molecule has 5 heterocycles. The number of likely N-dealkylation sites (tertiary alicyclic amines) is 1. The number of aryl methyl sites for hydroxylation is 3. The van der Waals surface area contributed by atoms with Crippen LogP contribution in [0.1, 0.15) is 104 Å². The Hall–Kier alpha value is -6.56. The number of carbonyl (C=O) groups excluding carboxylic acids is 3. The number of aromatic nitrogens is 4. The predicted molar refractivity (Wildman–Crippen MR) is 262 cm³/mol. The van der Waals surface area contributed by atoms with Gasteiger partial charge in [-0.3, -0.25) is 28.7 Å². The molecule has 0 radical (unpaired) electrons. The predicted octanol–water partition coefficient (Wildman–Crippen LogP) is 7.86. The number of aliphatic carboxylic acids is 1. The zero-order chi connectivity index (χ0) is 48.6. The van der Waals surface area contributed by atoms with Gasteiger partial charge in [-0.2, -0.15) is 0 Å². The minimum absolute atomic E-state index is 0.0198. The smallest absolute Gasteiger partial charge is 0.306 e. The fourth-order valence-corrected chi connectivity index (χ4v) is 10.8. The Morgan fingerprint density at radius 3 is 2.16 bits per heavy atom. The molecule has 1 saturated heterocycles. The second-order valence-corrected chi connectivity index (χ2v) is 20.6. The van der Waals surface area contributed by atoms with Crippen molar-refractivity contribution in [3.8, 4) is 32.3 Å². The number of fused-ring (bicyclic) bond motifs is 3. The number of thiophene rings is 1. The first-order valence-electron chi connectivity index (χ1n) is 22.6. The third-order valence-electron chi connectivity index (χ3n) is 12.6. The molecule has 1 fully saturated rings. The molecular weight excluding hydrogens is 901 g/mol. The highest BCUT2D eigenvalue weighted by Gasteiger charge is 2.45. The number of carboxylic acid groups (broad SMARTS) is 1. The molecule has 3 amide bonds. The highest BCUT2D eigenvalue weighted by atomic mass is 32.1. The summed E-state index contributed by atoms with van der Waals surface area (Å²) in [5, 5.41) is 36.0. The van der Waals surface area contributed by atoms with E-state index < -0.39 is 41.5 Å². The number of β-amino-alcohol motifs (C(OH)–C–C–N with tert-alkyl or cyclic N) is 1. The maximum Gasteiger partial charge on any atom is 0.306 e. The molecule has 2 aliphatic heterocycles. The van der Waals surface area contributed by atoms with Crippen molar-refractivity contribution >= 4 is 52.1 Å². The largest absolute Gasteiger partial charge is 0.493 e. The lowest BCUT2D eigenvalue weighted by atomic mass is 9.85. The van der Waals surface area contributed by atoms with Gasteiger partial charge in [-0.1, -0.05) is 81.4 Å². The molecule has 15 nitrogen and oxygen atoms in total. The van der Waals surface area contributed by atoms with Crippen LogP contribution in [0.25, 0.3) is 26.6 Å². The number of thiazole rings is 1. The maximum atomic E-state index is 14.2. The first-order valence-corrected chi connectivity index (χ1v) is 24.3. The minimum Gasteiger partial charge on any atom is -0.493 e. The van der Waals surface area contributed by atoms with Gasteiger partial charge < -0.3 is 30.5 Å². The van der Waals surface area contributed by atoms with Crippen molar-refractivity contribution in [2.75, 3.05) is 13.2 Å². The van der Waals surface area contributed by atoms with Crippen molar-refractivity contribution < 1.29 is 34.1 Å². The zero-order valence-electron chi connectivity index (χ0n) is 39.4. The first-order chi connectivity index (χ1) is 32.4. The van der Waals surface area contributed by atoms with E-state index in [9.17, 15) is 29.4 Å². The van der Waals surface area contributed by atoms with Gasteiger partial charge in [0, 0.05) is 29.0 Å². The van der Waals surface area contributed by atoms with Gasteiger partial charge in [0.25, 0.3) is 0 Å². The Kier molecular flexibility index (Phi) is 13.8. The van der Waals surface area contributed by atoms with Crippen LogP contribution in [0.4, 0.5) is 0 Å². The number of ether oxygens (including phenoxy) is 1. The van der Waals surface area contributed by atoms with E-state index in [2.05, 4.69) is 39.7 Å². The molecule has 0 unspecified atom stereocenters. The van der Waals surface area contributed by atoms with Crippen LogP contribution in [0, 0.1) is 33.1 Å². The van der Waals surface area contributed by atoms with Crippen molar-refractivity contribution in [1.29, 1.82) is 0 Å². The number of aliphatic hydroxyl groups is 1. The van der Waals surface area contributed by atoms with Gasteiger partial charge in [0.15, 0.2) is 5.82 Å². The highest BCUT2D eigenvalue weighted by Crippen LogP contribution is 2.40. The molecule has 0 aliphatic carbocycles. The summed E-state index contributed by atoms with van der Waals surface area (Å²) in [6.45, 7) is 15.4. The topological polar surface area (TPSA) is 201 Å². The number of aliphatic imine (C=N–C) groups is 1. The molecule has 354 valence electrons. The molecule has 8 rings (SSSR count). The maximum absolute atomic E-state index is 14.2. The van der Waals surface area contributed by atoms with E-state index in [1.54, 1.807) is 22.7 Å². The van der Waals surface area contributed by atoms with E-state index in [4.69, 9.17) is 9.73 Å². The second kappa shape index (κ2) is 19.6. The summed E-state index contributed by atoms with van der Waals surface area (Å²) in [4.78, 5) is 66.2. The summed E-state index contributed by atoms with van der Waals surface area (Å²) in [6.07, 6.45) is -1.04. The van der Waals surface area contributed by atoms with Crippen molar-refractivity contribution in [2.45, 2.75) is 105 Å². The van der Waals surface area contributed by atoms with E-state index in [1.165, 1.54) is 4.90 Å². The van der Waals surface area contributed by atoms with Crippen molar-refractivity contribution in [3.63, 3.8) is 0 Å². The SMILES string of the molecule is Cc1ncsc1-c1ccc([C@H](C)NC(=O)[C@@H]2C[C@@H](O)CN2C(=O)[C@@H](NC(=O)CCOc2ccc(-c3ccc(C4=N[C@@H](CC(=O)O)c5nnc(C)n5-c5sc(C)c(C)c54)cc3)cc2)C(C)(C)C)cc1. The van der Waals surface area contributed by atoms with Crippen molar-refractivity contribution in [1.82, 2.24) is 35.3 Å². The Morgan fingerprint density at radius 2 is 1.53 bits per heavy atom. The Balaban J connectivity index is 0.875. The molecule has 2 aliphatic rings. The number of rotatable bonds is 14. The monoisotopic (exact) mass is 956 g/mol. The van der Waals surface area contributed by atoms with Gasteiger partial charge in [0.05, 0.1) is 53.4 Å². The van der Waals surface area contributed by atoms with E-state index in [0.717, 1.165) is 59.4 Å². The first kappa shape index (κ1) is 47.9. The molecule has 0 spiro atoms. The summed E-state index contributed by atoms with van der Waals surface area (Å²) < 4.78 is 7.91. The lowest BCUT2D eigenvalue weighted by Gasteiger charge is -2.35. The zero-order valence-corrected chi connectivity index (χ0v) is 41.0. The van der Waals surface area contributed by atoms with Crippen LogP contribution >= 0.6 is 22.7 Å². The summed E-state index contributed by atoms with van der Waals surface area (Å²) >= 11 is 3.19. The average Bonchev–Trinajstić information content (AvgIpc) is 4.07. The molecule has 0 bridgehead atoms. The van der Waals surface area contributed by atoms with E-state index in [0.29, 0.717) is 23.1 Å². The molecule has 4 N–H and O–H groups in total. The molecule has 3 aromatic heterocycles. The Bertz CT molecular complexity index is 2880. The number of carbonyl (C=O) groups is 4. The van der Waals surface area contributed by atoms with Gasteiger partial charge in [-0.25, -0.2) is 4.98 Å². The van der Waals surface area contributed by atoms with Crippen LogP contribution in [-0.4, -0.2) is 95.6 Å². The van der Waals surface area contributed by atoms with Gasteiger partial charge >= 0.3 is 5.97 Å². The average molecular weight is 957 g/mol. The molecule has 0 saturated carbocycles. The van der Waals surface area contributed by atoms with E-state index >= 15 is 0 Å². The number of carboxylic acids is 1. The van der Waals surface area contributed by atoms with Crippen LogP contribution in [0.3, 0.4) is 0 Å². The Morgan fingerprint density at radius 1 is 0.882 bits per heavy atom. The van der Waals surface area contributed by atoms with Crippen LogP contribution in [0.15, 0.2) is 83.3 Å². The lowest BCUT2D eigenvalue weighted by molar-refractivity contribution is -0.144. The number of hydrogen-bond donors (Lipinski definition) is 4. The van der Waals surface area contributed by atoms with Gasteiger partial charge in [0.2, 0.25) is 17.7 Å². The normalized spacial score (nSPS) is 17.6. The third-order valence-corrected chi connectivity index (χ3v) is 14.8. The van der Waals surface area contributed by atoms with Crippen molar-refractivity contribution in [2.24, 2.45) is 10.4 Å². The van der Waals surface area contributed by atoms with Crippen molar-refractivity contribution in [3.05, 3.63) is 123 Å². The lowest BCUT2D eigenvalue weighted by Crippen LogP contribution is -2.58. The fraction of sp³-hybridized carbons (Fsp3) is 0.373. The fourth-order valence-electron chi connectivity index (χ4n) is 8.76. The third kappa shape index (κ3) is 10.0. The summed E-state index contributed by atoms with van der Waals surface area (Å²) in [5.74, 6) is -0.417. The standard InChI is InChI=1S/C51H56N8O7S2/c1-27-30(4)68-50-43(27)44(54-39(24-42(62)63)47-57-56-31(5)59(47)50)35-13-11-33(12-14-35)34-17-19-38(20-18-34)66-22-21-41(61)55-46(51(6,7)8)49(65)58-25-37(60)23-40(58)48(64)53-28(2)32-9-15-36(16-10-32)45-29(3)52-26-67-45/h9-20,26,28,37,39-40,46,60H,21-25H2,1-8H3,(H,53,64)(H,55,61)(H,62,63)/t28-,37+,39-,40-,46+/m0/s1. The van der Waals surface area contributed by atoms with Crippen LogP contribution in [-0.2, 0) is 19.2 Å². The number of aliphatic hydroxyl groups excluding tert-OH is 1. The summed E-state index contributed by atoms with van der Waals surface area (Å²) in [6, 6.07) is 20.5. The number of amides is 3. The van der Waals surface area contributed by atoms with Crippen LogP contribution < -0.4 is 15.4 Å². The summed E-state index contributed by atoms with van der Waals surface area (Å²) in [5.41, 5.74) is 9.48. The molecule has 17 heteroatoms. The quantitative estimate of drug-likeness (QED) is 0.0833. The van der Waals surface area contributed by atoms with Gasteiger partial charge in [-0.15, -0.1) is 32.9 Å². The van der Waals surface area contributed by atoms with Gasteiger partial charge in [-0.05, 0) is 80.0 Å². The molecular formula is C51H56N8O7S2. The number of nitrogens with one attached hydrogen (secondary N) is 2. The Labute approximate surface area is 403 Å². The van der Waals surface area contributed by atoms with Crippen LogP contribution in [0.2, 0.25) is 0 Å². The number of benzene rings is 3. The second-order valence-electron chi connectivity index (χ2n) is 18.6. The molecule has 5 atom stereocenters. The number of hydrogen-bond acceptors (Lipinski definition) is 12. The van der Waals surface area contributed by atoms with Crippen LogP contribution in [0.5, 0.6) is 5.75 Å². The van der Waals surface area contributed by atoms with Gasteiger partial charge in [0.1, 0.15) is 34.7 Å². The highest BCUT2D eigenvalue weighted by molar-refractivity contribution is 7.15. The molecule has 3 aromatic carbocycles. The number of nitrogens with zero attached hydrogens (tertiary/aromatic N) is 6. The van der Waals surface area contributed by atoms with E-state index in [-0.39, 0.29) is 50.3 Å².